The number of nitrogens with zero attached hydrogens (tertiary/aromatic N) is 2. The summed E-state index contributed by atoms with van der Waals surface area (Å²) in [7, 11) is 1.85. The number of hydrogen-bond donors (Lipinski definition) is 2. The standard InChI is InChI=1S/C10H17N3OS/c1-7(4-5-14)15-10-8(2)9(11-3)12-6-13-10/h6-7,14H,4-5H2,1-3H3,(H,11,12,13). The molecule has 0 fully saturated rings. The van der Waals surface area contributed by atoms with Gasteiger partial charge in [-0.25, -0.2) is 9.97 Å². The lowest BCUT2D eigenvalue weighted by Crippen LogP contribution is -2.03. The van der Waals surface area contributed by atoms with Crippen LogP contribution in [0.2, 0.25) is 0 Å². The minimum atomic E-state index is 0.219. The van der Waals surface area contributed by atoms with E-state index in [0.717, 1.165) is 22.8 Å². The summed E-state index contributed by atoms with van der Waals surface area (Å²) in [4.78, 5) is 8.37. The molecule has 84 valence electrons. The van der Waals surface area contributed by atoms with E-state index in [1.165, 1.54) is 0 Å². The number of nitrogens with one attached hydrogen (secondary N) is 1. The zero-order chi connectivity index (χ0) is 11.3. The van der Waals surface area contributed by atoms with E-state index in [2.05, 4.69) is 22.2 Å². The molecule has 1 unspecified atom stereocenters. The van der Waals surface area contributed by atoms with Crippen molar-refractivity contribution in [1.82, 2.24) is 9.97 Å². The van der Waals surface area contributed by atoms with Crippen molar-refractivity contribution in [1.29, 1.82) is 0 Å². The lowest BCUT2D eigenvalue weighted by molar-refractivity contribution is 0.289. The Morgan fingerprint density at radius 1 is 1.53 bits per heavy atom. The Morgan fingerprint density at radius 3 is 2.87 bits per heavy atom. The van der Waals surface area contributed by atoms with E-state index in [-0.39, 0.29) is 6.61 Å². The van der Waals surface area contributed by atoms with Gasteiger partial charge in [0.15, 0.2) is 0 Å². The third-order valence-electron chi connectivity index (χ3n) is 2.12. The van der Waals surface area contributed by atoms with Gasteiger partial charge < -0.3 is 10.4 Å². The van der Waals surface area contributed by atoms with Crippen LogP contribution in [-0.2, 0) is 0 Å². The van der Waals surface area contributed by atoms with Gasteiger partial charge in [-0.2, -0.15) is 0 Å². The molecule has 0 spiro atoms. The van der Waals surface area contributed by atoms with Gasteiger partial charge in [0.1, 0.15) is 17.2 Å². The fourth-order valence-electron chi connectivity index (χ4n) is 1.24. The van der Waals surface area contributed by atoms with E-state index in [1.54, 1.807) is 18.1 Å². The minimum absolute atomic E-state index is 0.219. The maximum atomic E-state index is 8.83. The molecule has 0 aliphatic carbocycles. The van der Waals surface area contributed by atoms with Crippen LogP contribution in [0.15, 0.2) is 11.4 Å². The molecule has 0 aromatic carbocycles. The Hall–Kier alpha value is -0.810. The number of hydrogen-bond acceptors (Lipinski definition) is 5. The Bertz CT molecular complexity index is 320. The maximum absolute atomic E-state index is 8.83. The van der Waals surface area contributed by atoms with Crippen LogP contribution in [0.3, 0.4) is 0 Å². The van der Waals surface area contributed by atoms with Crippen LogP contribution < -0.4 is 5.32 Å². The average molecular weight is 227 g/mol. The molecule has 0 aliphatic heterocycles. The predicted molar refractivity (Wildman–Crippen MR) is 63.3 cm³/mol. The molecule has 0 amide bonds. The van der Waals surface area contributed by atoms with Crippen LogP contribution in [0.4, 0.5) is 5.82 Å². The second-order valence-corrected chi connectivity index (χ2v) is 4.77. The molecule has 0 saturated heterocycles. The highest BCUT2D eigenvalue weighted by Crippen LogP contribution is 2.28. The summed E-state index contributed by atoms with van der Waals surface area (Å²) in [6, 6.07) is 0. The molecule has 1 atom stereocenters. The summed E-state index contributed by atoms with van der Waals surface area (Å²) < 4.78 is 0. The molecule has 0 saturated carbocycles. The highest BCUT2D eigenvalue weighted by Gasteiger charge is 2.10. The van der Waals surface area contributed by atoms with Crippen LogP contribution in [0.25, 0.3) is 0 Å². The van der Waals surface area contributed by atoms with E-state index >= 15 is 0 Å². The van der Waals surface area contributed by atoms with Crippen LogP contribution in [0.5, 0.6) is 0 Å². The Kier molecular flexibility index (Phi) is 4.84. The first-order chi connectivity index (χ1) is 7.19. The van der Waals surface area contributed by atoms with Crippen LogP contribution in [-0.4, -0.2) is 34.0 Å². The Labute approximate surface area is 94.5 Å². The van der Waals surface area contributed by atoms with Gasteiger partial charge in [0, 0.05) is 24.5 Å². The van der Waals surface area contributed by atoms with Crippen LogP contribution in [0, 0.1) is 6.92 Å². The molecular weight excluding hydrogens is 210 g/mol. The van der Waals surface area contributed by atoms with Gasteiger partial charge in [-0.05, 0) is 13.3 Å². The highest BCUT2D eigenvalue weighted by molar-refractivity contribution is 7.99. The van der Waals surface area contributed by atoms with Gasteiger partial charge in [-0.3, -0.25) is 0 Å². The van der Waals surface area contributed by atoms with Crippen molar-refractivity contribution in [3.8, 4) is 0 Å². The van der Waals surface area contributed by atoms with E-state index in [9.17, 15) is 0 Å². The van der Waals surface area contributed by atoms with Gasteiger partial charge in [0.25, 0.3) is 0 Å². The normalized spacial score (nSPS) is 12.5. The highest BCUT2D eigenvalue weighted by atomic mass is 32.2. The second-order valence-electron chi connectivity index (χ2n) is 3.34. The zero-order valence-corrected chi connectivity index (χ0v) is 10.1. The maximum Gasteiger partial charge on any atom is 0.133 e. The third-order valence-corrected chi connectivity index (χ3v) is 3.40. The first-order valence-electron chi connectivity index (χ1n) is 4.96. The van der Waals surface area contributed by atoms with Gasteiger partial charge in [0.2, 0.25) is 0 Å². The molecule has 1 heterocycles. The van der Waals surface area contributed by atoms with E-state index < -0.39 is 0 Å². The molecule has 15 heavy (non-hydrogen) atoms. The van der Waals surface area contributed by atoms with Crippen LogP contribution in [0.1, 0.15) is 18.9 Å². The lowest BCUT2D eigenvalue weighted by atomic mass is 10.3. The first kappa shape index (κ1) is 12.3. The summed E-state index contributed by atoms with van der Waals surface area (Å²) in [5, 5.41) is 13.2. The number of thioether (sulfide) groups is 1. The third kappa shape index (κ3) is 3.35. The number of aromatic nitrogens is 2. The average Bonchev–Trinajstić information content (AvgIpc) is 2.21. The van der Waals surface area contributed by atoms with E-state index in [0.29, 0.717) is 5.25 Å². The van der Waals surface area contributed by atoms with Gasteiger partial charge >= 0.3 is 0 Å². The number of rotatable bonds is 5. The van der Waals surface area contributed by atoms with Crippen molar-refractivity contribution in [2.24, 2.45) is 0 Å². The smallest absolute Gasteiger partial charge is 0.133 e. The van der Waals surface area contributed by atoms with Crippen molar-refractivity contribution in [2.45, 2.75) is 30.5 Å². The number of aliphatic hydroxyl groups excluding tert-OH is 1. The number of anilines is 1. The summed E-state index contributed by atoms with van der Waals surface area (Å²) in [5.41, 5.74) is 1.06. The molecule has 0 aliphatic rings. The quantitative estimate of drug-likeness (QED) is 0.592. The molecule has 0 radical (unpaired) electrons. The van der Waals surface area contributed by atoms with Crippen molar-refractivity contribution in [3.63, 3.8) is 0 Å². The molecular formula is C10H17N3OS. The molecule has 1 aromatic rings. The van der Waals surface area contributed by atoms with Crippen LogP contribution >= 0.6 is 11.8 Å². The van der Waals surface area contributed by atoms with Crippen molar-refractivity contribution >= 4 is 17.6 Å². The zero-order valence-electron chi connectivity index (χ0n) is 9.32. The van der Waals surface area contributed by atoms with Crippen molar-refractivity contribution in [2.75, 3.05) is 19.0 Å². The Morgan fingerprint density at radius 2 is 2.27 bits per heavy atom. The SMILES string of the molecule is CNc1ncnc(SC(C)CCO)c1C. The van der Waals surface area contributed by atoms with Gasteiger partial charge in [-0.1, -0.05) is 6.92 Å². The largest absolute Gasteiger partial charge is 0.396 e. The molecule has 1 rings (SSSR count). The summed E-state index contributed by atoms with van der Waals surface area (Å²) >= 11 is 1.67. The van der Waals surface area contributed by atoms with Gasteiger partial charge in [-0.15, -0.1) is 11.8 Å². The summed E-state index contributed by atoms with van der Waals surface area (Å²) in [5.74, 6) is 0.865. The molecule has 0 bridgehead atoms. The van der Waals surface area contributed by atoms with Gasteiger partial charge in [0.05, 0.1) is 0 Å². The summed E-state index contributed by atoms with van der Waals surface area (Å²) in [6.07, 6.45) is 2.34. The number of aliphatic hydroxyl groups is 1. The Balaban J connectivity index is 2.76. The second kappa shape index (κ2) is 5.92. The topological polar surface area (TPSA) is 58.0 Å². The predicted octanol–water partition coefficient (Wildman–Crippen LogP) is 1.69. The van der Waals surface area contributed by atoms with E-state index in [4.69, 9.17) is 5.11 Å². The first-order valence-corrected chi connectivity index (χ1v) is 5.83. The molecule has 2 N–H and O–H groups in total. The van der Waals surface area contributed by atoms with Crippen molar-refractivity contribution in [3.05, 3.63) is 11.9 Å². The van der Waals surface area contributed by atoms with Crippen molar-refractivity contribution < 1.29 is 5.11 Å². The molecule has 4 nitrogen and oxygen atoms in total. The monoisotopic (exact) mass is 227 g/mol. The minimum Gasteiger partial charge on any atom is -0.396 e. The summed E-state index contributed by atoms with van der Waals surface area (Å²) in [6.45, 7) is 4.30. The fourth-order valence-corrected chi connectivity index (χ4v) is 2.22. The molecule has 1 aromatic heterocycles. The molecule has 5 heteroatoms. The lowest BCUT2D eigenvalue weighted by Gasteiger charge is -2.12. The fraction of sp³-hybridized carbons (Fsp3) is 0.600. The van der Waals surface area contributed by atoms with E-state index in [1.807, 2.05) is 14.0 Å².